The molecule has 18 heavy (non-hydrogen) atoms. The van der Waals surface area contributed by atoms with E-state index in [1.807, 2.05) is 12.1 Å². The van der Waals surface area contributed by atoms with Crippen LogP contribution in [0.15, 0.2) is 18.2 Å². The van der Waals surface area contributed by atoms with Crippen molar-refractivity contribution in [3.05, 3.63) is 23.8 Å². The maximum atomic E-state index is 5.85. The number of benzene rings is 1. The molecule has 0 saturated carbocycles. The smallest absolute Gasteiger partial charge is 0.231 e. The molecular weight excluding hydrogens is 230 g/mol. The summed E-state index contributed by atoms with van der Waals surface area (Å²) >= 11 is 0. The number of nitrogens with one attached hydrogen (secondary N) is 1. The van der Waals surface area contributed by atoms with E-state index in [0.29, 0.717) is 25.0 Å². The van der Waals surface area contributed by atoms with Crippen LogP contribution in [-0.2, 0) is 11.3 Å². The summed E-state index contributed by atoms with van der Waals surface area (Å²) in [6, 6.07) is 6.56. The Morgan fingerprint density at radius 2 is 2.22 bits per heavy atom. The van der Waals surface area contributed by atoms with Gasteiger partial charge in [-0.3, -0.25) is 0 Å². The fourth-order valence-electron chi connectivity index (χ4n) is 3.22. The van der Waals surface area contributed by atoms with Crippen molar-refractivity contribution in [2.75, 3.05) is 6.79 Å². The standard InChI is InChI=1S/C14H17NO3/c1-2-9(14-13(3-1)16-8-17-14)7-15-11-6-10-4-5-12(11)18-10/h1-3,10-12,15H,4-8H2. The van der Waals surface area contributed by atoms with Crippen molar-refractivity contribution in [1.29, 1.82) is 0 Å². The van der Waals surface area contributed by atoms with E-state index in [4.69, 9.17) is 14.2 Å². The summed E-state index contributed by atoms with van der Waals surface area (Å²) < 4.78 is 16.7. The Balaban J connectivity index is 1.45. The van der Waals surface area contributed by atoms with E-state index < -0.39 is 0 Å². The largest absolute Gasteiger partial charge is 0.454 e. The van der Waals surface area contributed by atoms with Crippen molar-refractivity contribution in [2.45, 2.75) is 44.1 Å². The molecule has 0 spiro atoms. The minimum absolute atomic E-state index is 0.337. The van der Waals surface area contributed by atoms with Crippen LogP contribution in [0.2, 0.25) is 0 Å². The summed E-state index contributed by atoms with van der Waals surface area (Å²) in [7, 11) is 0. The van der Waals surface area contributed by atoms with Gasteiger partial charge in [0.05, 0.1) is 12.2 Å². The first-order valence-corrected chi connectivity index (χ1v) is 6.66. The molecule has 0 radical (unpaired) electrons. The lowest BCUT2D eigenvalue weighted by atomic mass is 9.95. The zero-order chi connectivity index (χ0) is 11.9. The Morgan fingerprint density at radius 3 is 3.06 bits per heavy atom. The molecule has 1 N–H and O–H groups in total. The zero-order valence-corrected chi connectivity index (χ0v) is 10.2. The molecule has 3 aliphatic rings. The molecule has 0 aromatic heterocycles. The van der Waals surface area contributed by atoms with Crippen molar-refractivity contribution in [3.63, 3.8) is 0 Å². The second-order valence-corrected chi connectivity index (χ2v) is 5.25. The molecule has 4 nitrogen and oxygen atoms in total. The van der Waals surface area contributed by atoms with E-state index in [1.165, 1.54) is 18.4 Å². The first kappa shape index (κ1) is 10.6. The lowest BCUT2D eigenvalue weighted by Gasteiger charge is -2.20. The third-order valence-electron chi connectivity index (χ3n) is 4.14. The maximum Gasteiger partial charge on any atom is 0.231 e. The molecule has 4 rings (SSSR count). The molecule has 2 saturated heterocycles. The van der Waals surface area contributed by atoms with E-state index in [9.17, 15) is 0 Å². The van der Waals surface area contributed by atoms with Crippen LogP contribution in [0.1, 0.15) is 24.8 Å². The molecular formula is C14H17NO3. The highest BCUT2D eigenvalue weighted by Crippen LogP contribution is 2.37. The van der Waals surface area contributed by atoms with Crippen molar-refractivity contribution in [1.82, 2.24) is 5.32 Å². The number of para-hydroxylation sites is 1. The van der Waals surface area contributed by atoms with Crippen molar-refractivity contribution in [2.24, 2.45) is 0 Å². The molecule has 1 aromatic rings. The van der Waals surface area contributed by atoms with Crippen molar-refractivity contribution >= 4 is 0 Å². The van der Waals surface area contributed by atoms with Gasteiger partial charge in [0.25, 0.3) is 0 Å². The van der Waals surface area contributed by atoms with Crippen LogP contribution < -0.4 is 14.8 Å². The zero-order valence-electron chi connectivity index (χ0n) is 10.2. The third kappa shape index (κ3) is 1.68. The van der Waals surface area contributed by atoms with Gasteiger partial charge in [0.2, 0.25) is 6.79 Å². The summed E-state index contributed by atoms with van der Waals surface area (Å²) in [5.74, 6) is 1.76. The second kappa shape index (κ2) is 4.14. The summed E-state index contributed by atoms with van der Waals surface area (Å²) in [5, 5.41) is 3.60. The molecule has 3 atom stereocenters. The van der Waals surface area contributed by atoms with Crippen molar-refractivity contribution in [3.8, 4) is 11.5 Å². The Labute approximate surface area is 106 Å². The number of rotatable bonds is 3. The number of hydrogen-bond acceptors (Lipinski definition) is 4. The fourth-order valence-corrected chi connectivity index (χ4v) is 3.22. The van der Waals surface area contributed by atoms with Gasteiger partial charge in [0.1, 0.15) is 0 Å². The van der Waals surface area contributed by atoms with Crippen LogP contribution in [0.25, 0.3) is 0 Å². The minimum atomic E-state index is 0.337. The summed E-state index contributed by atoms with van der Waals surface area (Å²) in [6.45, 7) is 1.16. The van der Waals surface area contributed by atoms with Gasteiger partial charge in [0.15, 0.2) is 11.5 Å². The van der Waals surface area contributed by atoms with E-state index in [2.05, 4.69) is 11.4 Å². The van der Waals surface area contributed by atoms with Gasteiger partial charge < -0.3 is 19.5 Å². The highest BCUT2D eigenvalue weighted by atomic mass is 16.7. The predicted octanol–water partition coefficient (Wildman–Crippen LogP) is 1.82. The number of fused-ring (bicyclic) bond motifs is 3. The van der Waals surface area contributed by atoms with Gasteiger partial charge in [-0.15, -0.1) is 0 Å². The first-order valence-electron chi connectivity index (χ1n) is 6.66. The number of ether oxygens (including phenoxy) is 3. The molecule has 0 aliphatic carbocycles. The Hall–Kier alpha value is -1.26. The van der Waals surface area contributed by atoms with Crippen LogP contribution >= 0.6 is 0 Å². The second-order valence-electron chi connectivity index (χ2n) is 5.25. The molecule has 0 amide bonds. The monoisotopic (exact) mass is 247 g/mol. The van der Waals surface area contributed by atoms with Gasteiger partial charge in [-0.1, -0.05) is 12.1 Å². The van der Waals surface area contributed by atoms with Gasteiger partial charge in [-0.2, -0.15) is 0 Å². The topological polar surface area (TPSA) is 39.7 Å². The molecule has 3 heterocycles. The average Bonchev–Trinajstić information content (AvgIpc) is 3.11. The lowest BCUT2D eigenvalue weighted by Crippen LogP contribution is -2.37. The summed E-state index contributed by atoms with van der Waals surface area (Å²) in [6.07, 6.45) is 4.50. The predicted molar refractivity (Wildman–Crippen MR) is 65.7 cm³/mol. The Kier molecular flexibility index (Phi) is 2.45. The minimum Gasteiger partial charge on any atom is -0.454 e. The van der Waals surface area contributed by atoms with E-state index in [1.54, 1.807) is 0 Å². The normalized spacial score (nSPS) is 32.1. The number of hydrogen-bond donors (Lipinski definition) is 1. The fraction of sp³-hybridized carbons (Fsp3) is 0.571. The average molecular weight is 247 g/mol. The first-order chi connectivity index (χ1) is 8.90. The molecule has 4 heteroatoms. The van der Waals surface area contributed by atoms with E-state index >= 15 is 0 Å². The van der Waals surface area contributed by atoms with Crippen LogP contribution in [0.3, 0.4) is 0 Å². The molecule has 96 valence electrons. The molecule has 2 fully saturated rings. The maximum absolute atomic E-state index is 5.85. The summed E-state index contributed by atoms with van der Waals surface area (Å²) in [5.41, 5.74) is 1.17. The third-order valence-corrected chi connectivity index (χ3v) is 4.14. The van der Waals surface area contributed by atoms with Gasteiger partial charge >= 0.3 is 0 Å². The molecule has 3 unspecified atom stereocenters. The van der Waals surface area contributed by atoms with E-state index in [0.717, 1.165) is 24.5 Å². The van der Waals surface area contributed by atoms with Gasteiger partial charge in [-0.05, 0) is 25.3 Å². The van der Waals surface area contributed by atoms with Gasteiger partial charge in [0, 0.05) is 18.2 Å². The summed E-state index contributed by atoms with van der Waals surface area (Å²) in [4.78, 5) is 0. The van der Waals surface area contributed by atoms with Crippen LogP contribution in [0, 0.1) is 0 Å². The van der Waals surface area contributed by atoms with Crippen LogP contribution in [-0.4, -0.2) is 25.0 Å². The Bertz CT molecular complexity index is 462. The highest BCUT2D eigenvalue weighted by molar-refractivity contribution is 5.48. The Morgan fingerprint density at radius 1 is 1.22 bits per heavy atom. The SMILES string of the molecule is c1cc(CNC2CC3CCC2O3)c2c(c1)OCO2. The van der Waals surface area contributed by atoms with E-state index in [-0.39, 0.29) is 0 Å². The molecule has 2 bridgehead atoms. The molecule has 3 aliphatic heterocycles. The highest BCUT2D eigenvalue weighted by Gasteiger charge is 2.40. The van der Waals surface area contributed by atoms with Crippen LogP contribution in [0.5, 0.6) is 11.5 Å². The quantitative estimate of drug-likeness (QED) is 0.884. The van der Waals surface area contributed by atoms with Crippen molar-refractivity contribution < 1.29 is 14.2 Å². The van der Waals surface area contributed by atoms with Crippen LogP contribution in [0.4, 0.5) is 0 Å². The van der Waals surface area contributed by atoms with Gasteiger partial charge in [-0.25, -0.2) is 0 Å². The molecule has 1 aromatic carbocycles. The lowest BCUT2D eigenvalue weighted by molar-refractivity contribution is 0.0972.